The Morgan fingerprint density at radius 1 is 1.33 bits per heavy atom. The van der Waals surface area contributed by atoms with E-state index >= 15 is 0 Å². The summed E-state index contributed by atoms with van der Waals surface area (Å²) < 4.78 is 19.2. The average Bonchev–Trinajstić information content (AvgIpc) is 2.70. The first-order chi connectivity index (χ1) is 8.71. The number of rotatable bonds is 2. The Morgan fingerprint density at radius 2 is 2.11 bits per heavy atom. The zero-order valence-electron chi connectivity index (χ0n) is 10.4. The molecule has 1 fully saturated rings. The fourth-order valence-electron chi connectivity index (χ4n) is 2.99. The third kappa shape index (κ3) is 2.10. The fourth-order valence-corrected chi connectivity index (χ4v) is 2.99. The largest absolute Gasteiger partial charge is 0.486 e. The van der Waals surface area contributed by atoms with Gasteiger partial charge in [-0.2, -0.15) is 0 Å². The second-order valence-corrected chi connectivity index (χ2v) is 5.28. The van der Waals surface area contributed by atoms with Crippen LogP contribution in [0.2, 0.25) is 0 Å². The molecule has 1 saturated heterocycles. The molecule has 1 aromatic rings. The van der Waals surface area contributed by atoms with E-state index in [9.17, 15) is 4.39 Å². The van der Waals surface area contributed by atoms with Crippen LogP contribution in [0.5, 0.6) is 5.75 Å². The van der Waals surface area contributed by atoms with E-state index in [1.165, 1.54) is 12.1 Å². The zero-order chi connectivity index (χ0) is 12.6. The third-order valence-corrected chi connectivity index (χ3v) is 4.05. The van der Waals surface area contributed by atoms with Crippen molar-refractivity contribution in [2.24, 2.45) is 0 Å². The van der Waals surface area contributed by atoms with Gasteiger partial charge in [-0.15, -0.1) is 0 Å². The van der Waals surface area contributed by atoms with Crippen LogP contribution in [-0.2, 0) is 6.42 Å². The summed E-state index contributed by atoms with van der Waals surface area (Å²) in [6.45, 7) is 2.82. The van der Waals surface area contributed by atoms with E-state index in [4.69, 9.17) is 9.84 Å². The number of nitrogens with zero attached hydrogens (tertiary/aromatic N) is 1. The molecule has 18 heavy (non-hydrogen) atoms. The molecule has 98 valence electrons. The van der Waals surface area contributed by atoms with E-state index in [1.807, 2.05) is 6.07 Å². The van der Waals surface area contributed by atoms with E-state index < -0.39 is 0 Å². The number of likely N-dealkylation sites (tertiary alicyclic amines) is 1. The van der Waals surface area contributed by atoms with Gasteiger partial charge in [-0.1, -0.05) is 6.07 Å². The van der Waals surface area contributed by atoms with E-state index in [-0.39, 0.29) is 18.0 Å². The molecule has 4 heteroatoms. The molecule has 0 atom stereocenters. The number of piperidine rings is 1. The first kappa shape index (κ1) is 11.9. The molecule has 0 radical (unpaired) electrons. The molecule has 0 aromatic heterocycles. The Labute approximate surface area is 106 Å². The smallest absolute Gasteiger partial charge is 0.126 e. The second kappa shape index (κ2) is 4.52. The van der Waals surface area contributed by atoms with Crippen molar-refractivity contribution >= 4 is 0 Å². The number of hydrogen-bond donors (Lipinski definition) is 1. The number of halogens is 1. The summed E-state index contributed by atoms with van der Waals surface area (Å²) >= 11 is 0. The highest BCUT2D eigenvalue weighted by molar-refractivity contribution is 5.40. The number of fused-ring (bicyclic) bond motifs is 1. The number of aliphatic hydroxyl groups excluding tert-OH is 1. The maximum atomic E-state index is 13.2. The number of β-amino-alcohol motifs (C(OH)–C–C–N with tert-alkyl or cyclic N) is 1. The van der Waals surface area contributed by atoms with Crippen molar-refractivity contribution < 1.29 is 14.2 Å². The van der Waals surface area contributed by atoms with Crippen LogP contribution in [-0.4, -0.2) is 41.8 Å². The molecule has 1 aromatic carbocycles. The normalized spacial score (nSPS) is 21.9. The monoisotopic (exact) mass is 251 g/mol. The third-order valence-electron chi connectivity index (χ3n) is 4.05. The Balaban J connectivity index is 1.70. The van der Waals surface area contributed by atoms with E-state index in [0.717, 1.165) is 44.5 Å². The molecule has 0 saturated carbocycles. The molecular weight excluding hydrogens is 233 g/mol. The van der Waals surface area contributed by atoms with Gasteiger partial charge < -0.3 is 14.7 Å². The van der Waals surface area contributed by atoms with Crippen LogP contribution in [0, 0.1) is 5.82 Å². The van der Waals surface area contributed by atoms with Crippen molar-refractivity contribution in [3.05, 3.63) is 29.6 Å². The quantitative estimate of drug-likeness (QED) is 0.866. The average molecular weight is 251 g/mol. The molecule has 0 amide bonds. The van der Waals surface area contributed by atoms with Gasteiger partial charge in [0.05, 0.1) is 6.61 Å². The number of ether oxygens (including phenoxy) is 1. The summed E-state index contributed by atoms with van der Waals surface area (Å²) in [5.74, 6) is 0.481. The predicted octanol–water partition coefficient (Wildman–Crippen LogP) is 1.59. The highest BCUT2D eigenvalue weighted by atomic mass is 19.1. The van der Waals surface area contributed by atoms with Gasteiger partial charge in [-0.25, -0.2) is 4.39 Å². The SMILES string of the molecule is OCCN1CCC2(CC1)Cc1ccc(F)cc1O2. The molecule has 2 aliphatic heterocycles. The summed E-state index contributed by atoms with van der Waals surface area (Å²) in [4.78, 5) is 2.25. The van der Waals surface area contributed by atoms with Gasteiger partial charge in [0.25, 0.3) is 0 Å². The lowest BCUT2D eigenvalue weighted by Crippen LogP contribution is -2.47. The molecule has 1 spiro atoms. The summed E-state index contributed by atoms with van der Waals surface area (Å²) in [6, 6.07) is 4.83. The lowest BCUT2D eigenvalue weighted by atomic mass is 9.87. The summed E-state index contributed by atoms with van der Waals surface area (Å²) in [6.07, 6.45) is 2.78. The zero-order valence-corrected chi connectivity index (χ0v) is 10.4. The molecular formula is C14H18FNO2. The molecule has 0 unspecified atom stereocenters. The van der Waals surface area contributed by atoms with Crippen LogP contribution in [0.3, 0.4) is 0 Å². The van der Waals surface area contributed by atoms with Gasteiger partial charge in [0, 0.05) is 45.0 Å². The first-order valence-corrected chi connectivity index (χ1v) is 6.51. The molecule has 3 nitrogen and oxygen atoms in total. The molecule has 2 heterocycles. The fraction of sp³-hybridized carbons (Fsp3) is 0.571. The molecule has 2 aliphatic rings. The number of aliphatic hydroxyl groups is 1. The van der Waals surface area contributed by atoms with E-state index in [0.29, 0.717) is 5.75 Å². The lowest BCUT2D eigenvalue weighted by Gasteiger charge is -2.38. The number of benzene rings is 1. The van der Waals surface area contributed by atoms with Gasteiger partial charge in [0.15, 0.2) is 0 Å². The van der Waals surface area contributed by atoms with Crippen LogP contribution >= 0.6 is 0 Å². The predicted molar refractivity (Wildman–Crippen MR) is 66.2 cm³/mol. The summed E-state index contributed by atoms with van der Waals surface area (Å²) in [7, 11) is 0. The maximum absolute atomic E-state index is 13.2. The van der Waals surface area contributed by atoms with Crippen molar-refractivity contribution in [2.45, 2.75) is 24.9 Å². The van der Waals surface area contributed by atoms with Crippen LogP contribution < -0.4 is 4.74 Å². The Kier molecular flexibility index (Phi) is 2.99. The van der Waals surface area contributed by atoms with Crippen molar-refractivity contribution in [2.75, 3.05) is 26.2 Å². The van der Waals surface area contributed by atoms with Crippen LogP contribution in [0.15, 0.2) is 18.2 Å². The molecule has 0 aliphatic carbocycles. The summed E-state index contributed by atoms with van der Waals surface area (Å²) in [5.41, 5.74) is 0.981. The molecule has 0 bridgehead atoms. The second-order valence-electron chi connectivity index (χ2n) is 5.28. The Hall–Kier alpha value is -1.13. The highest BCUT2D eigenvalue weighted by Crippen LogP contribution is 2.41. The van der Waals surface area contributed by atoms with E-state index in [2.05, 4.69) is 4.90 Å². The minimum absolute atomic E-state index is 0.137. The topological polar surface area (TPSA) is 32.7 Å². The summed E-state index contributed by atoms with van der Waals surface area (Å²) in [5, 5.41) is 8.93. The molecule has 1 N–H and O–H groups in total. The first-order valence-electron chi connectivity index (χ1n) is 6.51. The minimum atomic E-state index is -0.233. The Bertz CT molecular complexity index is 441. The van der Waals surface area contributed by atoms with Gasteiger partial charge in [-0.3, -0.25) is 0 Å². The van der Waals surface area contributed by atoms with Crippen molar-refractivity contribution in [1.82, 2.24) is 4.90 Å². The Morgan fingerprint density at radius 3 is 2.83 bits per heavy atom. The van der Waals surface area contributed by atoms with Crippen molar-refractivity contribution in [3.63, 3.8) is 0 Å². The molecule has 3 rings (SSSR count). The number of hydrogen-bond acceptors (Lipinski definition) is 3. The van der Waals surface area contributed by atoms with Crippen molar-refractivity contribution in [3.8, 4) is 5.75 Å². The van der Waals surface area contributed by atoms with Crippen LogP contribution in [0.25, 0.3) is 0 Å². The maximum Gasteiger partial charge on any atom is 0.126 e. The highest BCUT2D eigenvalue weighted by Gasteiger charge is 2.41. The minimum Gasteiger partial charge on any atom is -0.486 e. The van der Waals surface area contributed by atoms with Crippen LogP contribution in [0.1, 0.15) is 18.4 Å². The van der Waals surface area contributed by atoms with Gasteiger partial charge in [0.1, 0.15) is 17.2 Å². The van der Waals surface area contributed by atoms with E-state index in [1.54, 1.807) is 0 Å². The van der Waals surface area contributed by atoms with Crippen LogP contribution in [0.4, 0.5) is 4.39 Å². The van der Waals surface area contributed by atoms with Gasteiger partial charge in [-0.05, 0) is 11.6 Å². The van der Waals surface area contributed by atoms with Crippen molar-refractivity contribution in [1.29, 1.82) is 0 Å². The van der Waals surface area contributed by atoms with Gasteiger partial charge >= 0.3 is 0 Å². The standard InChI is InChI=1S/C14H18FNO2/c15-12-2-1-11-10-14(18-13(11)9-12)3-5-16(6-4-14)7-8-17/h1-2,9,17H,3-8,10H2. The van der Waals surface area contributed by atoms with Gasteiger partial charge in [0.2, 0.25) is 0 Å². The lowest BCUT2D eigenvalue weighted by molar-refractivity contribution is 0.0149.